The molecule has 1 saturated heterocycles. The van der Waals surface area contributed by atoms with Crippen LogP contribution in [0.1, 0.15) is 67.2 Å². The van der Waals surface area contributed by atoms with Crippen molar-refractivity contribution in [2.75, 3.05) is 6.61 Å². The van der Waals surface area contributed by atoms with Crippen LogP contribution in [0, 0.1) is 5.92 Å². The summed E-state index contributed by atoms with van der Waals surface area (Å²) in [5, 5.41) is 0.432. The minimum absolute atomic E-state index is 0.0715. The van der Waals surface area contributed by atoms with Gasteiger partial charge >= 0.3 is 0 Å². The summed E-state index contributed by atoms with van der Waals surface area (Å²) in [5.41, 5.74) is -0.472. The van der Waals surface area contributed by atoms with E-state index in [1.165, 1.54) is 6.42 Å². The Bertz CT molecular complexity index is 847. The Labute approximate surface area is 219 Å². The predicted octanol–water partition coefficient (Wildman–Crippen LogP) is 6.53. The van der Waals surface area contributed by atoms with Gasteiger partial charge in [-0.1, -0.05) is 41.5 Å². The van der Waals surface area contributed by atoms with Gasteiger partial charge in [-0.15, -0.1) is 0 Å². The van der Waals surface area contributed by atoms with E-state index in [4.69, 9.17) is 30.5 Å². The van der Waals surface area contributed by atoms with Gasteiger partial charge in [-0.25, -0.2) is 4.98 Å². The summed E-state index contributed by atoms with van der Waals surface area (Å²) in [5.74, 6) is 0.375. The van der Waals surface area contributed by atoms with E-state index in [-0.39, 0.29) is 23.4 Å². The van der Waals surface area contributed by atoms with Crippen LogP contribution in [0.25, 0.3) is 0 Å². The lowest BCUT2D eigenvalue weighted by Crippen LogP contribution is -2.59. The second kappa shape index (κ2) is 10.7. The zero-order chi connectivity index (χ0) is 25.3. The molecule has 2 aliphatic carbocycles. The summed E-state index contributed by atoms with van der Waals surface area (Å²) in [6.45, 7) is 14.4. The number of epoxide rings is 1. The van der Waals surface area contributed by atoms with Gasteiger partial charge in [-0.05, 0) is 67.7 Å². The molecule has 2 heterocycles. The summed E-state index contributed by atoms with van der Waals surface area (Å²) in [6, 6.07) is 6.92. The molecule has 4 rings (SSSR count). The lowest BCUT2D eigenvalue weighted by Gasteiger charge is -2.47. The van der Waals surface area contributed by atoms with Crippen molar-refractivity contribution in [3.8, 4) is 0 Å². The molecule has 0 unspecified atom stereocenters. The fraction of sp³-hybridized carbons (Fsp3) is 0.846. The Balaban J connectivity index is 1.63. The zero-order valence-electron chi connectivity index (χ0n) is 22.7. The Morgan fingerprint density at radius 1 is 1.03 bits per heavy atom. The third-order valence-corrected chi connectivity index (χ3v) is 19.5. The van der Waals surface area contributed by atoms with Crippen LogP contribution in [0.4, 0.5) is 0 Å². The standard InChI is InChI=1S/C26H46N2O4SSi2/c1-7-34(8-2,9-3)30-22-18-25(19-29-24(33)28-17-16-27-20-28)26(32-25)15-13-14-21(26)23(22)31-35(10-4,11-5)12-6/h16-17,20-23H,7-15,18-19H2,1-6H3/t21-,22-,23+,25-,26-/m0/s1. The number of rotatable bonds is 12. The Hall–Kier alpha value is -0.586. The van der Waals surface area contributed by atoms with Gasteiger partial charge in [-0.3, -0.25) is 4.57 Å². The highest BCUT2D eigenvalue weighted by Gasteiger charge is 2.79. The zero-order valence-corrected chi connectivity index (χ0v) is 25.5. The van der Waals surface area contributed by atoms with Crippen LogP contribution in [-0.4, -0.2) is 61.4 Å². The summed E-state index contributed by atoms with van der Waals surface area (Å²) < 4.78 is 29.3. The molecule has 6 nitrogen and oxygen atoms in total. The second-order valence-electron chi connectivity index (χ2n) is 10.9. The molecule has 0 aromatic carbocycles. The van der Waals surface area contributed by atoms with E-state index >= 15 is 0 Å². The van der Waals surface area contributed by atoms with Gasteiger partial charge in [0.15, 0.2) is 16.6 Å². The van der Waals surface area contributed by atoms with E-state index in [9.17, 15) is 0 Å². The predicted molar refractivity (Wildman–Crippen MR) is 149 cm³/mol. The second-order valence-corrected chi connectivity index (χ2v) is 20.7. The first-order chi connectivity index (χ1) is 16.8. The molecule has 5 atom stereocenters. The van der Waals surface area contributed by atoms with Crippen molar-refractivity contribution in [3.05, 3.63) is 18.7 Å². The normalized spacial score (nSPS) is 32.2. The first kappa shape index (κ1) is 27.4. The van der Waals surface area contributed by atoms with Crippen molar-refractivity contribution in [1.82, 2.24) is 9.55 Å². The SMILES string of the molecule is CC[Si](CC)(CC)O[C@H]1[C@@H](O[Si](CC)(CC)CC)C[C@@]2(COC(=S)n3ccnc3)O[C@]23CCC[C@@H]13. The highest BCUT2D eigenvalue weighted by molar-refractivity contribution is 7.80. The van der Waals surface area contributed by atoms with Crippen LogP contribution in [-0.2, 0) is 18.3 Å². The molecule has 0 N–H and O–H groups in total. The van der Waals surface area contributed by atoms with Gasteiger partial charge in [0, 0.05) is 24.7 Å². The molecular weight excluding hydrogens is 493 g/mol. The molecule has 9 heteroatoms. The van der Waals surface area contributed by atoms with Crippen molar-refractivity contribution in [1.29, 1.82) is 0 Å². The molecule has 1 spiro atoms. The molecule has 0 amide bonds. The molecule has 3 fully saturated rings. The summed E-state index contributed by atoms with van der Waals surface area (Å²) in [7, 11) is -3.64. The average Bonchev–Trinajstić information content (AvgIpc) is 3.25. The lowest BCUT2D eigenvalue weighted by molar-refractivity contribution is -0.0405. The third-order valence-electron chi connectivity index (χ3n) is 9.86. The summed E-state index contributed by atoms with van der Waals surface area (Å²) >= 11 is 5.55. The Morgan fingerprint density at radius 2 is 1.66 bits per heavy atom. The van der Waals surface area contributed by atoms with E-state index < -0.39 is 16.6 Å². The molecule has 35 heavy (non-hydrogen) atoms. The molecule has 2 saturated carbocycles. The van der Waals surface area contributed by atoms with Crippen LogP contribution in [0.5, 0.6) is 0 Å². The summed E-state index contributed by atoms with van der Waals surface area (Å²) in [4.78, 5) is 4.10. The van der Waals surface area contributed by atoms with E-state index in [1.807, 2.05) is 6.20 Å². The number of hydrogen-bond donors (Lipinski definition) is 0. The molecule has 3 aliphatic rings. The van der Waals surface area contributed by atoms with E-state index in [1.54, 1.807) is 17.1 Å². The van der Waals surface area contributed by atoms with Gasteiger partial charge in [-0.2, -0.15) is 0 Å². The van der Waals surface area contributed by atoms with Gasteiger partial charge in [0.05, 0.1) is 12.2 Å². The Kier molecular flexibility index (Phi) is 8.35. The maximum absolute atomic E-state index is 7.33. The highest BCUT2D eigenvalue weighted by atomic mass is 32.1. The third kappa shape index (κ3) is 4.74. The van der Waals surface area contributed by atoms with Crippen LogP contribution in [0.3, 0.4) is 0 Å². The molecule has 198 valence electrons. The first-order valence-corrected chi connectivity index (χ1v) is 19.5. The number of nitrogens with zero attached hydrogens (tertiary/aromatic N) is 2. The highest BCUT2D eigenvalue weighted by Crippen LogP contribution is 2.68. The maximum atomic E-state index is 7.33. The van der Waals surface area contributed by atoms with Crippen molar-refractivity contribution < 1.29 is 18.3 Å². The molecule has 1 aliphatic heterocycles. The topological polar surface area (TPSA) is 58.0 Å². The van der Waals surface area contributed by atoms with Crippen LogP contribution < -0.4 is 0 Å². The molecular formula is C26H46N2O4SSi2. The fourth-order valence-corrected chi connectivity index (χ4v) is 13.0. The van der Waals surface area contributed by atoms with Crippen molar-refractivity contribution >= 4 is 34.0 Å². The van der Waals surface area contributed by atoms with Crippen LogP contribution in [0.2, 0.25) is 36.3 Å². The van der Waals surface area contributed by atoms with Gasteiger partial charge in [0.25, 0.3) is 5.17 Å². The number of ether oxygens (including phenoxy) is 2. The van der Waals surface area contributed by atoms with Crippen molar-refractivity contribution in [2.24, 2.45) is 5.92 Å². The largest absolute Gasteiger partial charge is 0.467 e. The van der Waals surface area contributed by atoms with Gasteiger partial charge < -0.3 is 18.3 Å². The number of imidazole rings is 1. The monoisotopic (exact) mass is 538 g/mol. The quantitative estimate of drug-likeness (QED) is 0.171. The number of thiocarbonyl (C=S) groups is 1. The molecule has 0 radical (unpaired) electrons. The summed E-state index contributed by atoms with van der Waals surface area (Å²) in [6.07, 6.45) is 9.71. The van der Waals surface area contributed by atoms with E-state index in [0.29, 0.717) is 17.7 Å². The smallest absolute Gasteiger partial charge is 0.269 e. The molecule has 0 bridgehead atoms. The van der Waals surface area contributed by atoms with E-state index in [0.717, 1.165) is 55.5 Å². The Morgan fingerprint density at radius 3 is 2.23 bits per heavy atom. The van der Waals surface area contributed by atoms with Crippen LogP contribution >= 0.6 is 12.2 Å². The van der Waals surface area contributed by atoms with Crippen molar-refractivity contribution in [2.45, 2.75) is 127 Å². The average molecular weight is 539 g/mol. The van der Waals surface area contributed by atoms with Gasteiger partial charge in [0.1, 0.15) is 24.1 Å². The van der Waals surface area contributed by atoms with Crippen molar-refractivity contribution in [3.63, 3.8) is 0 Å². The number of aromatic nitrogens is 2. The minimum Gasteiger partial charge on any atom is -0.467 e. The lowest BCUT2D eigenvalue weighted by atomic mass is 9.71. The number of hydrogen-bond acceptors (Lipinski definition) is 6. The van der Waals surface area contributed by atoms with E-state index in [2.05, 4.69) is 46.5 Å². The fourth-order valence-electron chi connectivity index (χ4n) is 7.07. The molecule has 1 aromatic heterocycles. The van der Waals surface area contributed by atoms with Gasteiger partial charge in [0.2, 0.25) is 0 Å². The van der Waals surface area contributed by atoms with Crippen LogP contribution in [0.15, 0.2) is 18.7 Å². The molecule has 1 aromatic rings. The maximum Gasteiger partial charge on any atom is 0.269 e. The first-order valence-electron chi connectivity index (χ1n) is 14.0. The minimum atomic E-state index is -1.83.